The Morgan fingerprint density at radius 3 is 2.70 bits per heavy atom. The molecule has 0 heterocycles. The topological polar surface area (TPSA) is 56.5 Å². The zero-order valence-corrected chi connectivity index (χ0v) is 12.7. The molecule has 0 saturated heterocycles. The van der Waals surface area contributed by atoms with Gasteiger partial charge in [0.2, 0.25) is 0 Å². The molecule has 1 aromatic carbocycles. The maximum absolute atomic E-state index is 6.05. The van der Waals surface area contributed by atoms with Gasteiger partial charge < -0.3 is 20.5 Å². The Morgan fingerprint density at radius 1 is 1.25 bits per heavy atom. The summed E-state index contributed by atoms with van der Waals surface area (Å²) in [5.41, 5.74) is 7.21. The number of rotatable bonds is 5. The number of nitrogens with one attached hydrogen (secondary N) is 1. The number of hydrogen-bond acceptors (Lipinski definition) is 4. The zero-order valence-electron chi connectivity index (χ0n) is 12.7. The molecular weight excluding hydrogens is 252 g/mol. The maximum atomic E-state index is 6.05. The molecule has 1 aliphatic carbocycles. The summed E-state index contributed by atoms with van der Waals surface area (Å²) in [7, 11) is 3.36. The van der Waals surface area contributed by atoms with E-state index in [-0.39, 0.29) is 6.04 Å². The normalized spacial score (nSPS) is 24.2. The van der Waals surface area contributed by atoms with Crippen molar-refractivity contribution in [2.24, 2.45) is 5.73 Å². The van der Waals surface area contributed by atoms with Crippen LogP contribution in [0.1, 0.15) is 44.2 Å². The lowest BCUT2D eigenvalue weighted by Gasteiger charge is -2.30. The second kappa shape index (κ2) is 6.95. The Morgan fingerprint density at radius 2 is 2.05 bits per heavy atom. The van der Waals surface area contributed by atoms with Crippen LogP contribution in [0.25, 0.3) is 0 Å². The molecule has 2 rings (SSSR count). The average molecular weight is 278 g/mol. The van der Waals surface area contributed by atoms with Crippen molar-refractivity contribution in [3.8, 4) is 11.5 Å². The number of ether oxygens (including phenoxy) is 2. The number of methoxy groups -OCH3 is 2. The molecule has 0 aromatic heterocycles. The van der Waals surface area contributed by atoms with E-state index in [1.165, 1.54) is 12.8 Å². The summed E-state index contributed by atoms with van der Waals surface area (Å²) in [4.78, 5) is 0. The molecule has 1 aromatic rings. The van der Waals surface area contributed by atoms with Gasteiger partial charge >= 0.3 is 0 Å². The quantitative estimate of drug-likeness (QED) is 0.869. The highest BCUT2D eigenvalue weighted by Crippen LogP contribution is 2.30. The van der Waals surface area contributed by atoms with Crippen molar-refractivity contribution in [3.05, 3.63) is 23.8 Å². The van der Waals surface area contributed by atoms with Gasteiger partial charge in [0.15, 0.2) is 0 Å². The molecule has 0 spiro atoms. The van der Waals surface area contributed by atoms with Crippen LogP contribution in [0.2, 0.25) is 0 Å². The summed E-state index contributed by atoms with van der Waals surface area (Å²) in [5, 5.41) is 3.68. The predicted octanol–water partition coefficient (Wildman–Crippen LogP) is 2.62. The van der Waals surface area contributed by atoms with Crippen LogP contribution < -0.4 is 20.5 Å². The van der Waals surface area contributed by atoms with E-state index in [1.807, 2.05) is 12.1 Å². The van der Waals surface area contributed by atoms with Crippen LogP contribution in [0.3, 0.4) is 0 Å². The largest absolute Gasteiger partial charge is 0.497 e. The first-order chi connectivity index (χ1) is 9.63. The molecule has 3 N–H and O–H groups in total. The number of benzene rings is 1. The van der Waals surface area contributed by atoms with Crippen molar-refractivity contribution in [3.63, 3.8) is 0 Å². The van der Waals surface area contributed by atoms with Crippen LogP contribution in [0, 0.1) is 0 Å². The summed E-state index contributed by atoms with van der Waals surface area (Å²) in [6.45, 7) is 2.17. The first-order valence-corrected chi connectivity index (χ1v) is 7.37. The molecule has 4 nitrogen and oxygen atoms in total. The maximum Gasteiger partial charge on any atom is 0.127 e. The third kappa shape index (κ3) is 3.64. The van der Waals surface area contributed by atoms with Crippen LogP contribution in [-0.2, 0) is 0 Å². The fourth-order valence-corrected chi connectivity index (χ4v) is 3.00. The second-order valence-electron chi connectivity index (χ2n) is 5.62. The lowest BCUT2D eigenvalue weighted by atomic mass is 9.90. The Balaban J connectivity index is 2.06. The van der Waals surface area contributed by atoms with E-state index in [4.69, 9.17) is 15.2 Å². The third-order valence-corrected chi connectivity index (χ3v) is 4.11. The smallest absolute Gasteiger partial charge is 0.127 e. The summed E-state index contributed by atoms with van der Waals surface area (Å²) < 4.78 is 10.7. The second-order valence-corrected chi connectivity index (χ2v) is 5.62. The van der Waals surface area contributed by atoms with Gasteiger partial charge in [0.1, 0.15) is 11.5 Å². The van der Waals surface area contributed by atoms with Gasteiger partial charge in [0, 0.05) is 29.8 Å². The van der Waals surface area contributed by atoms with Crippen molar-refractivity contribution in [1.29, 1.82) is 0 Å². The summed E-state index contributed by atoms with van der Waals surface area (Å²) >= 11 is 0. The molecule has 3 unspecified atom stereocenters. The van der Waals surface area contributed by atoms with Crippen molar-refractivity contribution in [1.82, 2.24) is 5.32 Å². The monoisotopic (exact) mass is 278 g/mol. The van der Waals surface area contributed by atoms with Gasteiger partial charge in [-0.05, 0) is 32.3 Å². The summed E-state index contributed by atoms with van der Waals surface area (Å²) in [6.07, 6.45) is 4.63. The molecule has 0 radical (unpaired) electrons. The highest BCUT2D eigenvalue weighted by atomic mass is 16.5. The standard InChI is InChI=1S/C16H26N2O2/c1-11(18-13-6-4-5-12(17)9-13)15-8-7-14(19-2)10-16(15)20-3/h7-8,10-13,18H,4-6,9,17H2,1-3H3. The van der Waals surface area contributed by atoms with Crippen LogP contribution >= 0.6 is 0 Å². The first-order valence-electron chi connectivity index (χ1n) is 7.37. The molecule has 1 aliphatic rings. The Bertz CT molecular complexity index is 436. The van der Waals surface area contributed by atoms with Crippen molar-refractivity contribution >= 4 is 0 Å². The van der Waals surface area contributed by atoms with E-state index < -0.39 is 0 Å². The first kappa shape index (κ1) is 15.1. The Hall–Kier alpha value is -1.26. The summed E-state index contributed by atoms with van der Waals surface area (Å²) in [5.74, 6) is 1.68. The van der Waals surface area contributed by atoms with Crippen molar-refractivity contribution in [2.45, 2.75) is 50.7 Å². The Kier molecular flexibility index (Phi) is 5.26. The number of nitrogens with two attached hydrogens (primary N) is 1. The minimum Gasteiger partial charge on any atom is -0.497 e. The SMILES string of the molecule is COc1ccc(C(C)NC2CCCC(N)C2)c(OC)c1. The van der Waals surface area contributed by atoms with E-state index in [0.717, 1.165) is 29.9 Å². The highest BCUT2D eigenvalue weighted by molar-refractivity contribution is 5.42. The molecular formula is C16H26N2O2. The third-order valence-electron chi connectivity index (χ3n) is 4.11. The van der Waals surface area contributed by atoms with Gasteiger partial charge in [-0.2, -0.15) is 0 Å². The number of hydrogen-bond donors (Lipinski definition) is 2. The minimum absolute atomic E-state index is 0.242. The van der Waals surface area contributed by atoms with E-state index in [0.29, 0.717) is 12.1 Å². The molecule has 3 atom stereocenters. The van der Waals surface area contributed by atoms with Crippen molar-refractivity contribution < 1.29 is 9.47 Å². The Labute approximate surface area is 121 Å². The van der Waals surface area contributed by atoms with Gasteiger partial charge in [0.25, 0.3) is 0 Å². The van der Waals surface area contributed by atoms with Gasteiger partial charge in [-0.3, -0.25) is 0 Å². The van der Waals surface area contributed by atoms with E-state index in [1.54, 1.807) is 14.2 Å². The highest BCUT2D eigenvalue weighted by Gasteiger charge is 2.22. The molecule has 0 aliphatic heterocycles. The molecule has 1 saturated carbocycles. The van der Waals surface area contributed by atoms with Gasteiger partial charge in [-0.15, -0.1) is 0 Å². The molecule has 20 heavy (non-hydrogen) atoms. The van der Waals surface area contributed by atoms with E-state index in [9.17, 15) is 0 Å². The van der Waals surface area contributed by atoms with E-state index in [2.05, 4.69) is 18.3 Å². The molecule has 1 fully saturated rings. The molecule has 4 heteroatoms. The van der Waals surface area contributed by atoms with E-state index >= 15 is 0 Å². The van der Waals surface area contributed by atoms with Gasteiger partial charge in [-0.25, -0.2) is 0 Å². The molecule has 112 valence electrons. The van der Waals surface area contributed by atoms with Gasteiger partial charge in [0.05, 0.1) is 14.2 Å². The minimum atomic E-state index is 0.242. The lowest BCUT2D eigenvalue weighted by molar-refractivity contribution is 0.314. The fraction of sp³-hybridized carbons (Fsp3) is 0.625. The molecule has 0 bridgehead atoms. The van der Waals surface area contributed by atoms with Crippen LogP contribution in [0.4, 0.5) is 0 Å². The van der Waals surface area contributed by atoms with Crippen LogP contribution in [-0.4, -0.2) is 26.3 Å². The molecule has 0 amide bonds. The lowest BCUT2D eigenvalue weighted by Crippen LogP contribution is -2.40. The summed E-state index contributed by atoms with van der Waals surface area (Å²) in [6, 6.07) is 7.05. The van der Waals surface area contributed by atoms with Crippen LogP contribution in [0.5, 0.6) is 11.5 Å². The average Bonchev–Trinajstić information content (AvgIpc) is 2.46. The fourth-order valence-electron chi connectivity index (χ4n) is 3.00. The van der Waals surface area contributed by atoms with Gasteiger partial charge in [-0.1, -0.05) is 12.5 Å². The predicted molar refractivity (Wildman–Crippen MR) is 81.3 cm³/mol. The zero-order chi connectivity index (χ0) is 14.5. The van der Waals surface area contributed by atoms with Crippen molar-refractivity contribution in [2.75, 3.05) is 14.2 Å². The van der Waals surface area contributed by atoms with Crippen LogP contribution in [0.15, 0.2) is 18.2 Å².